The number of anilines is 1. The highest BCUT2D eigenvalue weighted by Crippen LogP contribution is 2.22. The predicted octanol–water partition coefficient (Wildman–Crippen LogP) is 1.16. The van der Waals surface area contributed by atoms with E-state index in [1.807, 2.05) is 18.2 Å². The van der Waals surface area contributed by atoms with Gasteiger partial charge in [-0.2, -0.15) is 0 Å². The number of aromatic amines is 1. The summed E-state index contributed by atoms with van der Waals surface area (Å²) in [5, 5.41) is 0. The molecule has 3 rings (SSSR count). The van der Waals surface area contributed by atoms with Crippen molar-refractivity contribution in [1.29, 1.82) is 0 Å². The fraction of sp³-hybridized carbons (Fsp3) is 0.200. The molecule has 2 heterocycles. The number of nitrogens with zero attached hydrogens (tertiary/aromatic N) is 1. The van der Waals surface area contributed by atoms with E-state index in [0.717, 1.165) is 12.0 Å². The molecule has 0 saturated heterocycles. The first kappa shape index (κ1) is 12.5. The largest absolute Gasteiger partial charge is 0.399 e. The van der Waals surface area contributed by atoms with Crippen molar-refractivity contribution in [2.75, 3.05) is 12.3 Å². The van der Waals surface area contributed by atoms with Gasteiger partial charge >= 0.3 is 0 Å². The third-order valence-corrected chi connectivity index (χ3v) is 3.58. The van der Waals surface area contributed by atoms with E-state index in [-0.39, 0.29) is 16.9 Å². The lowest BCUT2D eigenvalue weighted by Gasteiger charge is -2.29. The van der Waals surface area contributed by atoms with E-state index in [0.29, 0.717) is 18.8 Å². The van der Waals surface area contributed by atoms with Crippen molar-refractivity contribution >= 4 is 11.6 Å². The van der Waals surface area contributed by atoms with Gasteiger partial charge in [-0.1, -0.05) is 6.07 Å². The van der Waals surface area contributed by atoms with Gasteiger partial charge in [-0.05, 0) is 29.7 Å². The molecule has 3 N–H and O–H groups in total. The van der Waals surface area contributed by atoms with Crippen molar-refractivity contribution in [3.05, 3.63) is 63.6 Å². The maximum Gasteiger partial charge on any atom is 0.259 e. The zero-order valence-corrected chi connectivity index (χ0v) is 10.9. The van der Waals surface area contributed by atoms with Crippen molar-refractivity contribution in [1.82, 2.24) is 9.88 Å². The summed E-state index contributed by atoms with van der Waals surface area (Å²) >= 11 is 0. The number of amides is 1. The van der Waals surface area contributed by atoms with Crippen molar-refractivity contribution in [3.8, 4) is 0 Å². The molecule has 0 fully saturated rings. The van der Waals surface area contributed by atoms with Crippen LogP contribution in [0, 0.1) is 0 Å². The highest BCUT2D eigenvalue weighted by molar-refractivity contribution is 5.93. The molecule has 1 aliphatic heterocycles. The van der Waals surface area contributed by atoms with E-state index in [1.165, 1.54) is 24.0 Å². The highest BCUT2D eigenvalue weighted by atomic mass is 16.2. The van der Waals surface area contributed by atoms with E-state index in [9.17, 15) is 9.59 Å². The SMILES string of the molecule is Nc1ccc2c(c1)CN(C(=O)c1c[nH]ccc1=O)CC2. The number of benzene rings is 1. The van der Waals surface area contributed by atoms with E-state index in [2.05, 4.69) is 4.98 Å². The van der Waals surface area contributed by atoms with Crippen LogP contribution in [0.15, 0.2) is 41.5 Å². The summed E-state index contributed by atoms with van der Waals surface area (Å²) in [7, 11) is 0. The summed E-state index contributed by atoms with van der Waals surface area (Å²) < 4.78 is 0. The van der Waals surface area contributed by atoms with Gasteiger partial charge in [0.2, 0.25) is 0 Å². The number of hydrogen-bond donors (Lipinski definition) is 2. The van der Waals surface area contributed by atoms with Crippen LogP contribution in [0.1, 0.15) is 21.5 Å². The Hall–Kier alpha value is -2.56. The smallest absolute Gasteiger partial charge is 0.259 e. The molecule has 0 atom stereocenters. The molecule has 0 unspecified atom stereocenters. The van der Waals surface area contributed by atoms with Gasteiger partial charge in [-0.3, -0.25) is 9.59 Å². The van der Waals surface area contributed by atoms with Gasteiger partial charge in [0, 0.05) is 37.2 Å². The molecule has 1 aromatic heterocycles. The van der Waals surface area contributed by atoms with Crippen LogP contribution in [-0.2, 0) is 13.0 Å². The molecule has 20 heavy (non-hydrogen) atoms. The van der Waals surface area contributed by atoms with Gasteiger partial charge in [-0.25, -0.2) is 0 Å². The Morgan fingerprint density at radius 3 is 2.90 bits per heavy atom. The van der Waals surface area contributed by atoms with Crippen LogP contribution < -0.4 is 11.2 Å². The summed E-state index contributed by atoms with van der Waals surface area (Å²) in [6.45, 7) is 1.11. The molecule has 102 valence electrons. The molecule has 1 aromatic carbocycles. The molecule has 0 radical (unpaired) electrons. The lowest BCUT2D eigenvalue weighted by atomic mass is 9.98. The van der Waals surface area contributed by atoms with Gasteiger partial charge in [0.15, 0.2) is 5.43 Å². The number of nitrogens with two attached hydrogens (primary N) is 1. The number of carbonyl (C=O) groups is 1. The lowest BCUT2D eigenvalue weighted by molar-refractivity contribution is 0.0733. The molecule has 1 aliphatic rings. The van der Waals surface area contributed by atoms with E-state index < -0.39 is 0 Å². The maximum atomic E-state index is 12.4. The molecule has 0 aliphatic carbocycles. The zero-order valence-electron chi connectivity index (χ0n) is 10.9. The number of H-pyrrole nitrogens is 1. The number of carbonyl (C=O) groups excluding carboxylic acids is 1. The zero-order chi connectivity index (χ0) is 14.1. The Bertz CT molecular complexity index is 721. The summed E-state index contributed by atoms with van der Waals surface area (Å²) in [5.41, 5.74) is 8.66. The summed E-state index contributed by atoms with van der Waals surface area (Å²) in [6.07, 6.45) is 3.76. The average molecular weight is 269 g/mol. The summed E-state index contributed by atoms with van der Waals surface area (Å²) in [5.74, 6) is -0.236. The molecule has 1 amide bonds. The first-order chi connectivity index (χ1) is 9.65. The topological polar surface area (TPSA) is 79.2 Å². The van der Waals surface area contributed by atoms with Crippen LogP contribution in [0.4, 0.5) is 5.69 Å². The first-order valence-corrected chi connectivity index (χ1v) is 6.49. The summed E-state index contributed by atoms with van der Waals surface area (Å²) in [4.78, 5) is 28.6. The number of rotatable bonds is 1. The molecule has 0 spiro atoms. The van der Waals surface area contributed by atoms with E-state index in [1.54, 1.807) is 4.90 Å². The lowest BCUT2D eigenvalue weighted by Crippen LogP contribution is -2.38. The van der Waals surface area contributed by atoms with Crippen LogP contribution >= 0.6 is 0 Å². The number of pyridine rings is 1. The van der Waals surface area contributed by atoms with Crippen LogP contribution in [0.5, 0.6) is 0 Å². The van der Waals surface area contributed by atoms with E-state index >= 15 is 0 Å². The molecule has 0 bridgehead atoms. The Balaban J connectivity index is 1.89. The first-order valence-electron chi connectivity index (χ1n) is 6.49. The van der Waals surface area contributed by atoms with Crippen molar-refractivity contribution < 1.29 is 4.79 Å². The molecular weight excluding hydrogens is 254 g/mol. The Morgan fingerprint density at radius 1 is 1.25 bits per heavy atom. The van der Waals surface area contributed by atoms with Gasteiger partial charge < -0.3 is 15.6 Å². The Kier molecular flexibility index (Phi) is 3.02. The standard InChI is InChI=1S/C15H15N3O2/c16-12-2-1-10-4-6-18(9-11(10)7-12)15(20)13-8-17-5-3-14(13)19/h1-3,5,7-8H,4,6,9,16H2,(H,17,19). The second-order valence-corrected chi connectivity index (χ2v) is 4.93. The second-order valence-electron chi connectivity index (χ2n) is 4.93. The molecule has 5 nitrogen and oxygen atoms in total. The number of nitrogen functional groups attached to an aromatic ring is 1. The fourth-order valence-electron chi connectivity index (χ4n) is 2.50. The highest BCUT2D eigenvalue weighted by Gasteiger charge is 2.23. The van der Waals surface area contributed by atoms with Crippen molar-refractivity contribution in [3.63, 3.8) is 0 Å². The number of hydrogen-bond acceptors (Lipinski definition) is 3. The number of nitrogens with one attached hydrogen (secondary N) is 1. The van der Waals surface area contributed by atoms with Gasteiger partial charge in [0.05, 0.1) is 0 Å². The van der Waals surface area contributed by atoms with Crippen LogP contribution in [0.2, 0.25) is 0 Å². The number of fused-ring (bicyclic) bond motifs is 1. The monoisotopic (exact) mass is 269 g/mol. The van der Waals surface area contributed by atoms with Crippen LogP contribution in [0.25, 0.3) is 0 Å². The van der Waals surface area contributed by atoms with Crippen LogP contribution in [-0.4, -0.2) is 22.3 Å². The maximum absolute atomic E-state index is 12.4. The Labute approximate surface area is 116 Å². The minimum Gasteiger partial charge on any atom is -0.399 e. The second kappa shape index (κ2) is 4.85. The predicted molar refractivity (Wildman–Crippen MR) is 76.4 cm³/mol. The fourth-order valence-corrected chi connectivity index (χ4v) is 2.50. The molecule has 2 aromatic rings. The van der Waals surface area contributed by atoms with Crippen LogP contribution in [0.3, 0.4) is 0 Å². The molecular formula is C15H15N3O2. The quantitative estimate of drug-likeness (QED) is 0.762. The third kappa shape index (κ3) is 2.18. The minimum atomic E-state index is -0.257. The summed E-state index contributed by atoms with van der Waals surface area (Å²) in [6, 6.07) is 7.13. The normalized spacial score (nSPS) is 13.9. The molecule has 0 saturated carbocycles. The minimum absolute atomic E-state index is 0.180. The van der Waals surface area contributed by atoms with Crippen molar-refractivity contribution in [2.24, 2.45) is 0 Å². The van der Waals surface area contributed by atoms with Gasteiger partial charge in [-0.15, -0.1) is 0 Å². The van der Waals surface area contributed by atoms with Gasteiger partial charge in [0.25, 0.3) is 5.91 Å². The van der Waals surface area contributed by atoms with Crippen molar-refractivity contribution in [2.45, 2.75) is 13.0 Å². The number of aromatic nitrogens is 1. The van der Waals surface area contributed by atoms with Gasteiger partial charge in [0.1, 0.15) is 5.56 Å². The average Bonchev–Trinajstić information content (AvgIpc) is 2.46. The molecule has 5 heteroatoms. The van der Waals surface area contributed by atoms with E-state index in [4.69, 9.17) is 5.73 Å². The Morgan fingerprint density at radius 2 is 2.10 bits per heavy atom. The third-order valence-electron chi connectivity index (χ3n) is 3.58.